The van der Waals surface area contributed by atoms with E-state index in [1.807, 2.05) is 11.8 Å². The molecule has 2 N–H and O–H groups in total. The Morgan fingerprint density at radius 1 is 1.50 bits per heavy atom. The molecule has 10 heteroatoms. The van der Waals surface area contributed by atoms with Gasteiger partial charge in [0.25, 0.3) is 0 Å². The van der Waals surface area contributed by atoms with E-state index in [0.717, 1.165) is 34.8 Å². The molecule has 1 atom stereocenters. The number of amides is 1. The van der Waals surface area contributed by atoms with Crippen LogP contribution in [0.2, 0.25) is 0 Å². The third kappa shape index (κ3) is 6.31. The summed E-state index contributed by atoms with van der Waals surface area (Å²) >= 11 is 2.78. The number of carbonyl (C=O) groups excluding carboxylic acids is 1. The Kier molecular flexibility index (Phi) is 7.95. The van der Waals surface area contributed by atoms with Gasteiger partial charge in [-0.3, -0.25) is 4.79 Å². The second-order valence-corrected chi connectivity index (χ2v) is 6.75. The molecule has 1 aliphatic heterocycles. The minimum atomic E-state index is -4.40. The van der Waals surface area contributed by atoms with Crippen molar-refractivity contribution >= 4 is 41.4 Å². The van der Waals surface area contributed by atoms with Crippen LogP contribution in [0.3, 0.4) is 0 Å². The smallest absolute Gasteiger partial charge is 0.356 e. The number of nitrogens with one attached hydrogen (secondary N) is 2. The normalized spacial score (nSPS) is 18.6. The first kappa shape index (κ1) is 19.5. The van der Waals surface area contributed by atoms with E-state index >= 15 is 0 Å². The Morgan fingerprint density at radius 3 is 2.86 bits per heavy atom. The van der Waals surface area contributed by atoms with E-state index in [9.17, 15) is 18.0 Å². The number of alkyl halides is 3. The van der Waals surface area contributed by atoms with Crippen molar-refractivity contribution in [2.24, 2.45) is 0 Å². The van der Waals surface area contributed by atoms with E-state index in [0.29, 0.717) is 24.4 Å². The van der Waals surface area contributed by atoms with Crippen LogP contribution in [0.1, 0.15) is 17.1 Å². The number of thioether (sulfide) groups is 1. The predicted molar refractivity (Wildman–Crippen MR) is 84.8 cm³/mol. The molecule has 4 nitrogen and oxygen atoms in total. The summed E-state index contributed by atoms with van der Waals surface area (Å²) < 4.78 is 37.1. The van der Waals surface area contributed by atoms with Crippen molar-refractivity contribution < 1.29 is 18.0 Å². The summed E-state index contributed by atoms with van der Waals surface area (Å²) in [5.74, 6) is 1.89. The minimum absolute atomic E-state index is 0. The van der Waals surface area contributed by atoms with E-state index in [1.165, 1.54) is 0 Å². The van der Waals surface area contributed by atoms with Gasteiger partial charge in [-0.25, -0.2) is 4.98 Å². The van der Waals surface area contributed by atoms with E-state index in [2.05, 4.69) is 15.6 Å². The number of rotatable bonds is 5. The highest BCUT2D eigenvalue weighted by Crippen LogP contribution is 2.29. The first-order valence-electron chi connectivity index (χ1n) is 6.54. The molecule has 2 rings (SSSR count). The molecule has 1 unspecified atom stereocenters. The Bertz CT molecular complexity index is 478. The van der Waals surface area contributed by atoms with Gasteiger partial charge in [0, 0.05) is 48.9 Å². The summed E-state index contributed by atoms with van der Waals surface area (Å²) in [6.07, 6.45) is -3.68. The largest absolute Gasteiger partial charge is 0.434 e. The van der Waals surface area contributed by atoms with Gasteiger partial charge in [0.15, 0.2) is 5.69 Å². The van der Waals surface area contributed by atoms with Crippen LogP contribution in [0.5, 0.6) is 0 Å². The van der Waals surface area contributed by atoms with Crippen LogP contribution in [0.15, 0.2) is 5.38 Å². The number of hydrogen-bond acceptors (Lipinski definition) is 5. The van der Waals surface area contributed by atoms with Gasteiger partial charge >= 0.3 is 6.18 Å². The molecule has 1 aromatic rings. The Balaban J connectivity index is 0.00000242. The zero-order chi connectivity index (χ0) is 15.3. The highest BCUT2D eigenvalue weighted by atomic mass is 35.5. The van der Waals surface area contributed by atoms with Crippen molar-refractivity contribution in [2.75, 3.05) is 24.6 Å². The molecular formula is C12H17ClF3N3OS2. The summed E-state index contributed by atoms with van der Waals surface area (Å²) in [7, 11) is 0. The van der Waals surface area contributed by atoms with Gasteiger partial charge in [-0.1, -0.05) is 0 Å². The zero-order valence-corrected chi connectivity index (χ0v) is 14.1. The molecule has 0 spiro atoms. The van der Waals surface area contributed by atoms with Crippen molar-refractivity contribution in [1.82, 2.24) is 15.6 Å². The van der Waals surface area contributed by atoms with Crippen LogP contribution >= 0.6 is 35.5 Å². The third-order valence-electron chi connectivity index (χ3n) is 2.93. The SMILES string of the molecule is Cl.O=C(CC1CSCCN1)NCCc1nc(C(F)(F)F)cs1. The summed E-state index contributed by atoms with van der Waals surface area (Å²) in [5.41, 5.74) is -0.864. The van der Waals surface area contributed by atoms with Gasteiger partial charge in [-0.2, -0.15) is 24.9 Å². The highest BCUT2D eigenvalue weighted by Gasteiger charge is 2.33. The van der Waals surface area contributed by atoms with Gasteiger partial charge < -0.3 is 10.6 Å². The van der Waals surface area contributed by atoms with Crippen LogP contribution in [-0.4, -0.2) is 41.5 Å². The second kappa shape index (κ2) is 8.95. The molecule has 0 radical (unpaired) electrons. The monoisotopic (exact) mass is 375 g/mol. The highest BCUT2D eigenvalue weighted by molar-refractivity contribution is 7.99. The van der Waals surface area contributed by atoms with E-state index in [1.54, 1.807) is 0 Å². The third-order valence-corrected chi connectivity index (χ3v) is 4.97. The lowest BCUT2D eigenvalue weighted by Gasteiger charge is -2.22. The number of carbonyl (C=O) groups is 1. The molecule has 2 heterocycles. The average molecular weight is 376 g/mol. The average Bonchev–Trinajstić information content (AvgIpc) is 2.88. The number of nitrogens with zero attached hydrogens (tertiary/aromatic N) is 1. The molecule has 0 aliphatic carbocycles. The molecule has 1 aliphatic rings. The standard InChI is InChI=1S/C12H16F3N3OS2.ClH/c13-12(14,15)9-7-21-11(18-9)1-2-17-10(19)5-8-6-20-4-3-16-8;/h7-8,16H,1-6H2,(H,17,19);1H. The zero-order valence-electron chi connectivity index (χ0n) is 11.6. The summed E-state index contributed by atoms with van der Waals surface area (Å²) in [6.45, 7) is 1.21. The van der Waals surface area contributed by atoms with Crippen LogP contribution in [0.25, 0.3) is 0 Å². The fraction of sp³-hybridized carbons (Fsp3) is 0.667. The molecule has 0 bridgehead atoms. The molecule has 1 aromatic heterocycles. The van der Waals surface area contributed by atoms with E-state index in [-0.39, 0.29) is 24.4 Å². The van der Waals surface area contributed by atoms with Crippen LogP contribution in [0.4, 0.5) is 13.2 Å². The lowest BCUT2D eigenvalue weighted by Crippen LogP contribution is -2.41. The molecular weight excluding hydrogens is 359 g/mol. The first-order valence-corrected chi connectivity index (χ1v) is 8.58. The molecule has 1 fully saturated rings. The van der Waals surface area contributed by atoms with Crippen molar-refractivity contribution in [1.29, 1.82) is 0 Å². The minimum Gasteiger partial charge on any atom is -0.356 e. The lowest BCUT2D eigenvalue weighted by atomic mass is 10.2. The second-order valence-electron chi connectivity index (χ2n) is 4.65. The fourth-order valence-electron chi connectivity index (χ4n) is 1.91. The molecule has 0 saturated carbocycles. The maximum Gasteiger partial charge on any atom is 0.434 e. The molecule has 0 aromatic carbocycles. The summed E-state index contributed by atoms with van der Waals surface area (Å²) in [4.78, 5) is 15.2. The Labute approximate surface area is 141 Å². The number of hydrogen-bond donors (Lipinski definition) is 2. The van der Waals surface area contributed by atoms with Crippen LogP contribution < -0.4 is 10.6 Å². The quantitative estimate of drug-likeness (QED) is 0.829. The topological polar surface area (TPSA) is 54.0 Å². The fourth-order valence-corrected chi connectivity index (χ4v) is 3.67. The maximum absolute atomic E-state index is 12.4. The van der Waals surface area contributed by atoms with Gasteiger partial charge in [0.2, 0.25) is 5.91 Å². The number of thiazole rings is 1. The van der Waals surface area contributed by atoms with Crippen molar-refractivity contribution in [3.63, 3.8) is 0 Å². The summed E-state index contributed by atoms with van der Waals surface area (Å²) in [6, 6.07) is 0.181. The van der Waals surface area contributed by atoms with Gasteiger partial charge in [-0.15, -0.1) is 23.7 Å². The predicted octanol–water partition coefficient (Wildman–Crippen LogP) is 2.34. The van der Waals surface area contributed by atoms with E-state index in [4.69, 9.17) is 0 Å². The van der Waals surface area contributed by atoms with Gasteiger partial charge in [0.05, 0.1) is 5.01 Å². The maximum atomic E-state index is 12.4. The summed E-state index contributed by atoms with van der Waals surface area (Å²) in [5, 5.41) is 7.37. The lowest BCUT2D eigenvalue weighted by molar-refractivity contribution is -0.140. The van der Waals surface area contributed by atoms with E-state index < -0.39 is 11.9 Å². The molecule has 1 amide bonds. The molecule has 1 saturated heterocycles. The van der Waals surface area contributed by atoms with Gasteiger partial charge in [0.1, 0.15) is 0 Å². The number of aromatic nitrogens is 1. The van der Waals surface area contributed by atoms with Crippen LogP contribution in [-0.2, 0) is 17.4 Å². The van der Waals surface area contributed by atoms with Crippen molar-refractivity contribution in [3.8, 4) is 0 Å². The Morgan fingerprint density at radius 2 is 2.27 bits per heavy atom. The van der Waals surface area contributed by atoms with Crippen molar-refractivity contribution in [2.45, 2.75) is 25.1 Å². The molecule has 22 heavy (non-hydrogen) atoms. The number of halogens is 4. The van der Waals surface area contributed by atoms with Crippen LogP contribution in [0, 0.1) is 0 Å². The molecule has 126 valence electrons. The van der Waals surface area contributed by atoms with Crippen molar-refractivity contribution in [3.05, 3.63) is 16.1 Å². The first-order chi connectivity index (χ1) is 9.95. The van der Waals surface area contributed by atoms with Gasteiger partial charge in [-0.05, 0) is 0 Å². The Hall–Kier alpha value is -0.510.